The molecule has 0 aliphatic carbocycles. The number of carboxylic acids is 1. The van der Waals surface area contributed by atoms with Gasteiger partial charge in [0.05, 0.1) is 0 Å². The smallest absolute Gasteiger partial charge is 0.410 e. The van der Waals surface area contributed by atoms with Crippen LogP contribution < -0.4 is 5.32 Å². The summed E-state index contributed by atoms with van der Waals surface area (Å²) in [7, 11) is 0. The predicted octanol–water partition coefficient (Wildman–Crippen LogP) is 1.45. The van der Waals surface area contributed by atoms with Crippen molar-refractivity contribution in [1.29, 1.82) is 0 Å². The van der Waals surface area contributed by atoms with Gasteiger partial charge in [0.2, 0.25) is 0 Å². The normalized spacial score (nSPS) is 29.9. The Labute approximate surface area is 119 Å². The molecule has 6 heteroatoms. The maximum atomic E-state index is 12.3. The molecular weight excluding hydrogens is 260 g/mol. The molecule has 1 amide bonds. The van der Waals surface area contributed by atoms with Crippen molar-refractivity contribution in [2.24, 2.45) is 5.92 Å². The highest BCUT2D eigenvalue weighted by Crippen LogP contribution is 2.33. The van der Waals surface area contributed by atoms with Crippen molar-refractivity contribution in [3.63, 3.8) is 0 Å². The van der Waals surface area contributed by atoms with Crippen molar-refractivity contribution in [2.45, 2.75) is 57.7 Å². The van der Waals surface area contributed by atoms with E-state index < -0.39 is 11.6 Å². The summed E-state index contributed by atoms with van der Waals surface area (Å²) in [6.07, 6.45) is 1.38. The van der Waals surface area contributed by atoms with E-state index in [-0.39, 0.29) is 30.5 Å². The molecule has 0 aromatic rings. The highest BCUT2D eigenvalue weighted by Gasteiger charge is 2.42. The summed E-state index contributed by atoms with van der Waals surface area (Å²) in [6.45, 7) is 7.00. The number of rotatable bonds is 2. The van der Waals surface area contributed by atoms with Gasteiger partial charge in [-0.25, -0.2) is 4.79 Å². The molecule has 2 rings (SSSR count). The number of nitrogens with zero attached hydrogens (tertiary/aromatic N) is 1. The number of nitrogens with one attached hydrogen (secondary N) is 1. The van der Waals surface area contributed by atoms with Gasteiger partial charge in [0, 0.05) is 31.6 Å². The minimum absolute atomic E-state index is 0.0432. The lowest BCUT2D eigenvalue weighted by Gasteiger charge is -2.48. The van der Waals surface area contributed by atoms with Crippen LogP contribution in [0.15, 0.2) is 0 Å². The summed E-state index contributed by atoms with van der Waals surface area (Å²) in [5.41, 5.74) is -0.503. The molecule has 2 heterocycles. The van der Waals surface area contributed by atoms with E-state index in [9.17, 15) is 9.59 Å². The first-order chi connectivity index (χ1) is 9.26. The molecule has 0 aromatic heterocycles. The Morgan fingerprint density at radius 1 is 1.25 bits per heavy atom. The molecular formula is C14H24N2O4. The summed E-state index contributed by atoms with van der Waals surface area (Å²) >= 11 is 0. The van der Waals surface area contributed by atoms with Gasteiger partial charge in [-0.2, -0.15) is 0 Å². The number of piperidine rings is 1. The number of ether oxygens (including phenoxy) is 1. The number of aliphatic carboxylic acids is 1. The van der Waals surface area contributed by atoms with Crippen LogP contribution in [0, 0.1) is 5.92 Å². The van der Waals surface area contributed by atoms with Crippen LogP contribution in [0.5, 0.6) is 0 Å². The highest BCUT2D eigenvalue weighted by atomic mass is 16.6. The van der Waals surface area contributed by atoms with Gasteiger partial charge in [0.1, 0.15) is 5.60 Å². The number of carbonyl (C=O) groups is 2. The lowest BCUT2D eigenvalue weighted by molar-refractivity contribution is -0.138. The third-order valence-electron chi connectivity index (χ3n) is 3.83. The number of carboxylic acid groups (broad SMARTS) is 1. The van der Waals surface area contributed by atoms with Crippen molar-refractivity contribution in [3.05, 3.63) is 0 Å². The van der Waals surface area contributed by atoms with Gasteiger partial charge in [0.15, 0.2) is 0 Å². The summed E-state index contributed by atoms with van der Waals surface area (Å²) in [6, 6.07) is 0.0865. The van der Waals surface area contributed by atoms with Crippen molar-refractivity contribution >= 4 is 12.1 Å². The fraction of sp³-hybridized carbons (Fsp3) is 0.857. The first-order valence-corrected chi connectivity index (χ1v) is 7.20. The monoisotopic (exact) mass is 284 g/mol. The molecule has 2 bridgehead atoms. The van der Waals surface area contributed by atoms with E-state index in [0.717, 1.165) is 12.8 Å². The Bertz CT molecular complexity index is 377. The maximum absolute atomic E-state index is 12.3. The Morgan fingerprint density at radius 3 is 2.25 bits per heavy atom. The standard InChI is InChI=1S/C14H24N2O4/c1-14(2,3)20-13(19)16-10-4-9(6-12(17)18)5-11(16)8-15-7-10/h9-11,15H,4-8H2,1-3H3,(H,17,18). The van der Waals surface area contributed by atoms with Crippen molar-refractivity contribution in [3.8, 4) is 0 Å². The lowest BCUT2D eigenvalue weighted by Crippen LogP contribution is -2.63. The van der Waals surface area contributed by atoms with E-state index in [4.69, 9.17) is 9.84 Å². The van der Waals surface area contributed by atoms with Gasteiger partial charge < -0.3 is 15.2 Å². The highest BCUT2D eigenvalue weighted by molar-refractivity contribution is 5.70. The van der Waals surface area contributed by atoms with Gasteiger partial charge in [-0.3, -0.25) is 9.69 Å². The second-order valence-electron chi connectivity index (χ2n) is 6.79. The van der Waals surface area contributed by atoms with Crippen LogP contribution in [-0.4, -0.2) is 52.8 Å². The second-order valence-corrected chi connectivity index (χ2v) is 6.79. The molecule has 114 valence electrons. The van der Waals surface area contributed by atoms with Crippen molar-refractivity contribution in [2.75, 3.05) is 13.1 Å². The molecule has 2 aliphatic heterocycles. The van der Waals surface area contributed by atoms with Crippen LogP contribution in [0.1, 0.15) is 40.0 Å². The maximum Gasteiger partial charge on any atom is 0.410 e. The zero-order valence-electron chi connectivity index (χ0n) is 12.4. The summed E-state index contributed by atoms with van der Waals surface area (Å²) in [5.74, 6) is -0.602. The van der Waals surface area contributed by atoms with E-state index in [1.807, 2.05) is 25.7 Å². The molecule has 20 heavy (non-hydrogen) atoms. The third kappa shape index (κ3) is 3.62. The summed E-state index contributed by atoms with van der Waals surface area (Å²) < 4.78 is 5.47. The zero-order chi connectivity index (χ0) is 14.9. The van der Waals surface area contributed by atoms with Crippen molar-refractivity contribution in [1.82, 2.24) is 10.2 Å². The van der Waals surface area contributed by atoms with E-state index in [0.29, 0.717) is 13.1 Å². The Morgan fingerprint density at radius 2 is 1.80 bits per heavy atom. The minimum Gasteiger partial charge on any atom is -0.481 e. The largest absolute Gasteiger partial charge is 0.481 e. The molecule has 2 saturated heterocycles. The number of amides is 1. The van der Waals surface area contributed by atoms with Crippen LogP contribution in [-0.2, 0) is 9.53 Å². The molecule has 2 aliphatic rings. The summed E-state index contributed by atoms with van der Waals surface area (Å²) in [4.78, 5) is 25.0. The van der Waals surface area contributed by atoms with E-state index in [2.05, 4.69) is 5.32 Å². The van der Waals surface area contributed by atoms with Crippen molar-refractivity contribution < 1.29 is 19.4 Å². The molecule has 2 N–H and O–H groups in total. The van der Waals surface area contributed by atoms with Crippen LogP contribution >= 0.6 is 0 Å². The molecule has 2 unspecified atom stereocenters. The van der Waals surface area contributed by atoms with Crippen LogP contribution in [0.2, 0.25) is 0 Å². The molecule has 0 spiro atoms. The van der Waals surface area contributed by atoms with Gasteiger partial charge >= 0.3 is 12.1 Å². The van der Waals surface area contributed by atoms with Gasteiger partial charge in [0.25, 0.3) is 0 Å². The summed E-state index contributed by atoms with van der Waals surface area (Å²) in [5, 5.41) is 12.2. The average Bonchev–Trinajstić information content (AvgIpc) is 2.24. The van der Waals surface area contributed by atoms with Crippen LogP contribution in [0.25, 0.3) is 0 Å². The number of hydrogen-bond acceptors (Lipinski definition) is 4. The van der Waals surface area contributed by atoms with Gasteiger partial charge in [-0.15, -0.1) is 0 Å². The molecule has 6 nitrogen and oxygen atoms in total. The van der Waals surface area contributed by atoms with E-state index in [1.54, 1.807) is 0 Å². The third-order valence-corrected chi connectivity index (χ3v) is 3.83. The SMILES string of the molecule is CC(C)(C)OC(=O)N1C2CNCC1CC(CC(=O)O)C2. The number of hydrogen-bond donors (Lipinski definition) is 2. The fourth-order valence-corrected chi connectivity index (χ4v) is 3.20. The van der Waals surface area contributed by atoms with E-state index >= 15 is 0 Å². The lowest BCUT2D eigenvalue weighted by atomic mass is 9.82. The van der Waals surface area contributed by atoms with Crippen LogP contribution in [0.3, 0.4) is 0 Å². The minimum atomic E-state index is -0.758. The molecule has 2 fully saturated rings. The molecule has 0 radical (unpaired) electrons. The molecule has 0 saturated carbocycles. The quantitative estimate of drug-likeness (QED) is 0.802. The number of piperazine rings is 1. The Hall–Kier alpha value is -1.30. The predicted molar refractivity (Wildman–Crippen MR) is 73.5 cm³/mol. The Kier molecular flexibility index (Phi) is 4.22. The Balaban J connectivity index is 2.05. The van der Waals surface area contributed by atoms with Gasteiger partial charge in [-0.1, -0.05) is 0 Å². The number of carbonyl (C=O) groups excluding carboxylic acids is 1. The molecule has 0 aromatic carbocycles. The number of fused-ring (bicyclic) bond motifs is 2. The average molecular weight is 284 g/mol. The van der Waals surface area contributed by atoms with Crippen LogP contribution in [0.4, 0.5) is 4.79 Å². The molecule has 2 atom stereocenters. The first-order valence-electron chi connectivity index (χ1n) is 7.20. The first kappa shape index (κ1) is 15.1. The zero-order valence-corrected chi connectivity index (χ0v) is 12.4. The van der Waals surface area contributed by atoms with Gasteiger partial charge in [-0.05, 0) is 39.5 Å². The topological polar surface area (TPSA) is 78.9 Å². The fourth-order valence-electron chi connectivity index (χ4n) is 3.20. The van der Waals surface area contributed by atoms with E-state index in [1.165, 1.54) is 0 Å². The second kappa shape index (κ2) is 5.60.